The lowest BCUT2D eigenvalue weighted by Gasteiger charge is -2.34. The van der Waals surface area contributed by atoms with E-state index in [2.05, 4.69) is 86.1 Å². The SMILES string of the molecule is CCCCN1CCCc2cc(CN(C(=S)Nc3cccc(C)c3C)C(C)CC)ccc21. The number of rotatable bonds is 8. The van der Waals surface area contributed by atoms with E-state index >= 15 is 0 Å². The van der Waals surface area contributed by atoms with E-state index in [1.54, 1.807) is 0 Å². The number of hydrogen-bond donors (Lipinski definition) is 1. The number of unbranched alkanes of at least 4 members (excludes halogenated alkanes) is 1. The molecule has 2 aromatic carbocycles. The highest BCUT2D eigenvalue weighted by atomic mass is 32.1. The molecular weight excluding hydrogens is 398 g/mol. The van der Waals surface area contributed by atoms with Crippen LogP contribution < -0.4 is 10.2 Å². The normalized spacial score (nSPS) is 14.2. The minimum absolute atomic E-state index is 0.377. The fraction of sp³-hybridized carbons (Fsp3) is 0.519. The molecule has 1 N–H and O–H groups in total. The summed E-state index contributed by atoms with van der Waals surface area (Å²) < 4.78 is 0. The van der Waals surface area contributed by atoms with Crippen molar-refractivity contribution in [3.8, 4) is 0 Å². The first kappa shape index (κ1) is 23.6. The van der Waals surface area contributed by atoms with Crippen LogP contribution in [0, 0.1) is 13.8 Å². The molecule has 1 aliphatic rings. The Kier molecular flexibility index (Phi) is 8.36. The standard InChI is InChI=1S/C27H39N3S/c1-6-8-16-29-17-10-12-24-18-23(14-15-26(24)29)19-30(21(4)7-2)27(31)28-25-13-9-11-20(3)22(25)5/h9,11,13-15,18,21H,6-8,10,12,16-17,19H2,1-5H3,(H,28,31). The Bertz CT molecular complexity index is 892. The van der Waals surface area contributed by atoms with Crippen LogP contribution in [0.4, 0.5) is 11.4 Å². The van der Waals surface area contributed by atoms with Crippen LogP contribution in [-0.2, 0) is 13.0 Å². The van der Waals surface area contributed by atoms with Gasteiger partial charge in [-0.25, -0.2) is 0 Å². The topological polar surface area (TPSA) is 18.5 Å². The van der Waals surface area contributed by atoms with E-state index in [0.717, 1.165) is 23.8 Å². The second-order valence-corrected chi connectivity index (χ2v) is 9.36. The van der Waals surface area contributed by atoms with Crippen molar-refractivity contribution in [1.29, 1.82) is 0 Å². The molecule has 0 aromatic heterocycles. The summed E-state index contributed by atoms with van der Waals surface area (Å²) in [7, 11) is 0. The molecule has 4 heteroatoms. The Balaban J connectivity index is 1.78. The molecule has 168 valence electrons. The second kappa shape index (κ2) is 11.0. The van der Waals surface area contributed by atoms with Crippen LogP contribution in [-0.4, -0.2) is 29.1 Å². The molecule has 0 saturated carbocycles. The van der Waals surface area contributed by atoms with Gasteiger partial charge in [-0.15, -0.1) is 0 Å². The van der Waals surface area contributed by atoms with Gasteiger partial charge in [0.1, 0.15) is 0 Å². The highest BCUT2D eigenvalue weighted by molar-refractivity contribution is 7.80. The van der Waals surface area contributed by atoms with Gasteiger partial charge in [-0.1, -0.05) is 44.5 Å². The predicted molar refractivity (Wildman–Crippen MR) is 139 cm³/mol. The van der Waals surface area contributed by atoms with E-state index in [9.17, 15) is 0 Å². The van der Waals surface area contributed by atoms with Crippen molar-refractivity contribution >= 4 is 28.7 Å². The molecule has 1 atom stereocenters. The van der Waals surface area contributed by atoms with Crippen LogP contribution in [0.2, 0.25) is 0 Å². The molecule has 1 heterocycles. The molecule has 3 rings (SSSR count). The number of aryl methyl sites for hydroxylation is 2. The number of fused-ring (bicyclic) bond motifs is 1. The Morgan fingerprint density at radius 1 is 1.19 bits per heavy atom. The Morgan fingerprint density at radius 2 is 2.00 bits per heavy atom. The first-order chi connectivity index (χ1) is 14.9. The molecule has 1 aliphatic heterocycles. The number of nitrogens with one attached hydrogen (secondary N) is 1. The van der Waals surface area contributed by atoms with E-state index in [-0.39, 0.29) is 0 Å². The van der Waals surface area contributed by atoms with Crippen molar-refractivity contribution in [2.75, 3.05) is 23.3 Å². The Morgan fingerprint density at radius 3 is 2.74 bits per heavy atom. The quantitative estimate of drug-likeness (QED) is 0.455. The van der Waals surface area contributed by atoms with Gasteiger partial charge in [0.25, 0.3) is 0 Å². The van der Waals surface area contributed by atoms with E-state index in [0.29, 0.717) is 6.04 Å². The highest BCUT2D eigenvalue weighted by Crippen LogP contribution is 2.29. The lowest BCUT2D eigenvalue weighted by molar-refractivity contribution is 0.319. The first-order valence-corrected chi connectivity index (χ1v) is 12.4. The average molecular weight is 438 g/mol. The molecular formula is C27H39N3S. The largest absolute Gasteiger partial charge is 0.371 e. The van der Waals surface area contributed by atoms with Crippen molar-refractivity contribution in [3.05, 3.63) is 58.7 Å². The molecule has 2 aromatic rings. The van der Waals surface area contributed by atoms with E-state index in [4.69, 9.17) is 12.2 Å². The van der Waals surface area contributed by atoms with Crippen LogP contribution in [0.1, 0.15) is 68.7 Å². The molecule has 0 amide bonds. The molecule has 3 nitrogen and oxygen atoms in total. The van der Waals surface area contributed by atoms with Crippen molar-refractivity contribution in [3.63, 3.8) is 0 Å². The molecule has 0 saturated heterocycles. The summed E-state index contributed by atoms with van der Waals surface area (Å²) in [5.41, 5.74) is 7.93. The fourth-order valence-electron chi connectivity index (χ4n) is 4.33. The molecule has 31 heavy (non-hydrogen) atoms. The lowest BCUT2D eigenvalue weighted by atomic mass is 9.98. The number of hydrogen-bond acceptors (Lipinski definition) is 2. The van der Waals surface area contributed by atoms with Crippen LogP contribution in [0.15, 0.2) is 36.4 Å². The summed E-state index contributed by atoms with van der Waals surface area (Å²) in [6.45, 7) is 14.3. The molecule has 1 unspecified atom stereocenters. The second-order valence-electron chi connectivity index (χ2n) is 8.97. The van der Waals surface area contributed by atoms with E-state index in [1.807, 2.05) is 0 Å². The van der Waals surface area contributed by atoms with Crippen molar-refractivity contribution in [1.82, 2.24) is 4.90 Å². The van der Waals surface area contributed by atoms with Gasteiger partial charge in [0.05, 0.1) is 0 Å². The fourth-order valence-corrected chi connectivity index (χ4v) is 4.68. The summed E-state index contributed by atoms with van der Waals surface area (Å²) >= 11 is 5.90. The van der Waals surface area contributed by atoms with E-state index in [1.165, 1.54) is 66.7 Å². The van der Waals surface area contributed by atoms with Crippen molar-refractivity contribution in [2.24, 2.45) is 0 Å². The van der Waals surface area contributed by atoms with Gasteiger partial charge < -0.3 is 15.1 Å². The number of thiocarbonyl (C=S) groups is 1. The van der Waals surface area contributed by atoms with Crippen molar-refractivity contribution in [2.45, 2.75) is 79.3 Å². The third-order valence-electron chi connectivity index (χ3n) is 6.72. The minimum Gasteiger partial charge on any atom is -0.371 e. The van der Waals surface area contributed by atoms with Crippen LogP contribution >= 0.6 is 12.2 Å². The highest BCUT2D eigenvalue weighted by Gasteiger charge is 2.20. The van der Waals surface area contributed by atoms with Crippen LogP contribution in [0.5, 0.6) is 0 Å². The maximum Gasteiger partial charge on any atom is 0.173 e. The number of nitrogens with zero attached hydrogens (tertiary/aromatic N) is 2. The molecule has 0 spiro atoms. The van der Waals surface area contributed by atoms with Gasteiger partial charge in [-0.3, -0.25) is 0 Å². The van der Waals surface area contributed by atoms with Crippen LogP contribution in [0.25, 0.3) is 0 Å². The summed E-state index contributed by atoms with van der Waals surface area (Å²) in [6.07, 6.45) is 6.01. The van der Waals surface area contributed by atoms with Gasteiger partial charge in [0.15, 0.2) is 5.11 Å². The zero-order valence-electron chi connectivity index (χ0n) is 20.0. The Hall–Kier alpha value is -2.07. The van der Waals surface area contributed by atoms with Gasteiger partial charge >= 0.3 is 0 Å². The van der Waals surface area contributed by atoms with E-state index < -0.39 is 0 Å². The van der Waals surface area contributed by atoms with Gasteiger partial charge in [-0.05, 0) is 93.1 Å². The summed E-state index contributed by atoms with van der Waals surface area (Å²) in [5, 5.41) is 4.34. The number of benzene rings is 2. The number of anilines is 2. The molecule has 0 radical (unpaired) electrons. The predicted octanol–water partition coefficient (Wildman–Crippen LogP) is 6.85. The molecule has 0 aliphatic carbocycles. The summed E-state index contributed by atoms with van der Waals surface area (Å²) in [5.74, 6) is 0. The zero-order valence-corrected chi connectivity index (χ0v) is 20.8. The minimum atomic E-state index is 0.377. The third kappa shape index (κ3) is 5.79. The molecule has 0 fully saturated rings. The maximum atomic E-state index is 5.90. The van der Waals surface area contributed by atoms with Gasteiger partial charge in [-0.2, -0.15) is 0 Å². The van der Waals surface area contributed by atoms with Crippen molar-refractivity contribution < 1.29 is 0 Å². The van der Waals surface area contributed by atoms with Crippen LogP contribution in [0.3, 0.4) is 0 Å². The lowest BCUT2D eigenvalue weighted by Crippen LogP contribution is -2.40. The average Bonchev–Trinajstić information content (AvgIpc) is 2.78. The Labute approximate surface area is 194 Å². The summed E-state index contributed by atoms with van der Waals surface area (Å²) in [4.78, 5) is 4.92. The van der Waals surface area contributed by atoms with Gasteiger partial charge in [0, 0.05) is 37.1 Å². The smallest absolute Gasteiger partial charge is 0.173 e. The third-order valence-corrected chi connectivity index (χ3v) is 7.06. The first-order valence-electron chi connectivity index (χ1n) is 11.9. The monoisotopic (exact) mass is 437 g/mol. The molecule has 0 bridgehead atoms. The van der Waals surface area contributed by atoms with Gasteiger partial charge in [0.2, 0.25) is 0 Å². The zero-order chi connectivity index (χ0) is 22.4. The summed E-state index contributed by atoms with van der Waals surface area (Å²) in [6, 6.07) is 13.8. The maximum absolute atomic E-state index is 5.90.